The van der Waals surface area contributed by atoms with Crippen molar-refractivity contribution in [1.29, 1.82) is 0 Å². The zero-order chi connectivity index (χ0) is 21.1. The van der Waals surface area contributed by atoms with Gasteiger partial charge in [-0.2, -0.15) is 0 Å². The van der Waals surface area contributed by atoms with Gasteiger partial charge in [-0.05, 0) is 42.7 Å². The van der Waals surface area contributed by atoms with Gasteiger partial charge in [-0.1, -0.05) is 18.2 Å². The average Bonchev–Trinajstić information content (AvgIpc) is 2.93. The smallest absolute Gasteiger partial charge is 0.222 e. The summed E-state index contributed by atoms with van der Waals surface area (Å²) in [5.74, 6) is -1.38. The maximum Gasteiger partial charge on any atom is 0.222 e. The molecule has 0 aliphatic carbocycles. The number of phenols is 1. The summed E-state index contributed by atoms with van der Waals surface area (Å²) in [6, 6.07) is 11.5. The zero-order valence-corrected chi connectivity index (χ0v) is 16.9. The number of hydrogen-bond donors (Lipinski definition) is 1. The van der Waals surface area contributed by atoms with E-state index in [2.05, 4.69) is 9.80 Å². The molecule has 2 aliphatic rings. The fourth-order valence-corrected chi connectivity index (χ4v) is 4.47. The lowest BCUT2D eigenvalue weighted by atomic mass is 10.1. The van der Waals surface area contributed by atoms with Gasteiger partial charge in [-0.3, -0.25) is 9.69 Å². The molecule has 2 saturated heterocycles. The largest absolute Gasteiger partial charge is 0.506 e. The van der Waals surface area contributed by atoms with Gasteiger partial charge in [0.25, 0.3) is 0 Å². The Morgan fingerprint density at radius 3 is 2.43 bits per heavy atom. The minimum absolute atomic E-state index is 0.0649. The van der Waals surface area contributed by atoms with Crippen molar-refractivity contribution in [2.75, 3.05) is 37.6 Å². The van der Waals surface area contributed by atoms with Crippen molar-refractivity contribution in [3.63, 3.8) is 0 Å². The number of halogens is 2. The molecular formula is C23H27F2N3O2. The predicted molar refractivity (Wildman–Crippen MR) is 111 cm³/mol. The number of phenolic OH excluding ortho intramolecular Hbond substituents is 1. The number of carbonyl (C=O) groups excluding carboxylic acids is 1. The number of hydrogen-bond acceptors (Lipinski definition) is 4. The van der Waals surface area contributed by atoms with E-state index in [0.717, 1.165) is 50.8 Å². The molecule has 1 atom stereocenters. The van der Waals surface area contributed by atoms with Gasteiger partial charge >= 0.3 is 0 Å². The van der Waals surface area contributed by atoms with Gasteiger partial charge in [0, 0.05) is 51.7 Å². The van der Waals surface area contributed by atoms with Crippen molar-refractivity contribution in [2.24, 2.45) is 0 Å². The molecule has 0 bridgehead atoms. The molecule has 0 spiro atoms. The number of amides is 1. The van der Waals surface area contributed by atoms with Crippen molar-refractivity contribution in [1.82, 2.24) is 9.80 Å². The molecule has 160 valence electrons. The van der Waals surface area contributed by atoms with E-state index in [1.165, 1.54) is 12.1 Å². The molecule has 2 aliphatic heterocycles. The van der Waals surface area contributed by atoms with E-state index in [0.29, 0.717) is 36.9 Å². The number of piperazine rings is 1. The van der Waals surface area contributed by atoms with Crippen LogP contribution in [-0.2, 0) is 11.3 Å². The lowest BCUT2D eigenvalue weighted by Gasteiger charge is -2.40. The zero-order valence-electron chi connectivity index (χ0n) is 16.9. The van der Waals surface area contributed by atoms with Crippen LogP contribution in [0.2, 0.25) is 0 Å². The lowest BCUT2D eigenvalue weighted by molar-refractivity contribution is -0.131. The first-order valence-electron chi connectivity index (χ1n) is 10.5. The van der Waals surface area contributed by atoms with E-state index in [-0.39, 0.29) is 5.91 Å². The van der Waals surface area contributed by atoms with E-state index in [4.69, 9.17) is 0 Å². The molecule has 1 N–H and O–H groups in total. The lowest BCUT2D eigenvalue weighted by Crippen LogP contribution is -2.50. The second-order valence-electron chi connectivity index (χ2n) is 8.06. The summed E-state index contributed by atoms with van der Waals surface area (Å²) in [5.41, 5.74) is 1.47. The maximum absolute atomic E-state index is 13.5. The Hall–Kier alpha value is -2.67. The van der Waals surface area contributed by atoms with Crippen LogP contribution < -0.4 is 4.90 Å². The molecule has 2 aromatic carbocycles. The van der Waals surface area contributed by atoms with E-state index >= 15 is 0 Å². The van der Waals surface area contributed by atoms with Crippen LogP contribution in [0.3, 0.4) is 0 Å². The first-order chi connectivity index (χ1) is 14.5. The molecule has 5 nitrogen and oxygen atoms in total. The van der Waals surface area contributed by atoms with Gasteiger partial charge in [0.1, 0.15) is 5.75 Å². The fraction of sp³-hybridized carbons (Fsp3) is 0.435. The van der Waals surface area contributed by atoms with Crippen molar-refractivity contribution in [2.45, 2.75) is 31.8 Å². The minimum Gasteiger partial charge on any atom is -0.506 e. The van der Waals surface area contributed by atoms with Crippen molar-refractivity contribution in [3.8, 4) is 5.75 Å². The summed E-state index contributed by atoms with van der Waals surface area (Å²) in [6.07, 6.45) is 2.14. The monoisotopic (exact) mass is 415 g/mol. The van der Waals surface area contributed by atoms with E-state index in [1.54, 1.807) is 11.0 Å². The van der Waals surface area contributed by atoms with Crippen LogP contribution in [-0.4, -0.2) is 59.6 Å². The number of para-hydroxylation sites is 2. The SMILES string of the molecule is O=C1CCC(N2CCN(c3ccccc3O)CC2)CCN1Cc1ccc(F)c(F)c1. The second-order valence-corrected chi connectivity index (χ2v) is 8.06. The standard InChI is InChI=1S/C23H27F2N3O2/c24-19-7-5-17(15-20(19)25)16-28-10-9-18(6-8-23(28)30)26-11-13-27(14-12-26)21-3-1-2-4-22(21)29/h1-5,7,15,18,29H,6,8-14,16H2. The Bertz CT molecular complexity index is 900. The molecular weight excluding hydrogens is 388 g/mol. The van der Waals surface area contributed by atoms with Crippen molar-refractivity contribution < 1.29 is 18.7 Å². The molecule has 1 amide bonds. The highest BCUT2D eigenvalue weighted by atomic mass is 19.2. The molecule has 2 aromatic rings. The Kier molecular flexibility index (Phi) is 6.18. The third-order valence-corrected chi connectivity index (χ3v) is 6.19. The number of likely N-dealkylation sites (tertiary alicyclic amines) is 1. The molecule has 30 heavy (non-hydrogen) atoms. The average molecular weight is 415 g/mol. The van der Waals surface area contributed by atoms with Gasteiger partial charge < -0.3 is 14.9 Å². The molecule has 0 radical (unpaired) electrons. The Morgan fingerprint density at radius 2 is 1.70 bits per heavy atom. The van der Waals surface area contributed by atoms with Crippen LogP contribution >= 0.6 is 0 Å². The summed E-state index contributed by atoms with van der Waals surface area (Å²) in [5, 5.41) is 10.1. The van der Waals surface area contributed by atoms with Crippen molar-refractivity contribution in [3.05, 3.63) is 59.7 Å². The summed E-state index contributed by atoms with van der Waals surface area (Å²) >= 11 is 0. The maximum atomic E-state index is 13.5. The summed E-state index contributed by atoms with van der Waals surface area (Å²) < 4.78 is 26.6. The van der Waals surface area contributed by atoms with Crippen LogP contribution in [0.15, 0.2) is 42.5 Å². The van der Waals surface area contributed by atoms with E-state index in [9.17, 15) is 18.7 Å². The highest BCUT2D eigenvalue weighted by Crippen LogP contribution is 2.28. The molecule has 4 rings (SSSR count). The molecule has 2 fully saturated rings. The van der Waals surface area contributed by atoms with Crippen LogP contribution in [0.25, 0.3) is 0 Å². The Labute approximate surface area is 175 Å². The van der Waals surface area contributed by atoms with Crippen LogP contribution in [0.1, 0.15) is 24.8 Å². The minimum atomic E-state index is -0.880. The quantitative estimate of drug-likeness (QED) is 0.832. The molecule has 7 heteroatoms. The Balaban J connectivity index is 1.33. The third-order valence-electron chi connectivity index (χ3n) is 6.19. The molecule has 2 heterocycles. The van der Waals surface area contributed by atoms with Gasteiger partial charge in [0.2, 0.25) is 5.91 Å². The highest BCUT2D eigenvalue weighted by molar-refractivity contribution is 5.76. The summed E-state index contributed by atoms with van der Waals surface area (Å²) in [7, 11) is 0. The number of benzene rings is 2. The van der Waals surface area contributed by atoms with E-state index in [1.807, 2.05) is 18.2 Å². The van der Waals surface area contributed by atoms with E-state index < -0.39 is 11.6 Å². The van der Waals surface area contributed by atoms with Gasteiger partial charge in [0.05, 0.1) is 5.69 Å². The topological polar surface area (TPSA) is 47.0 Å². The number of aromatic hydroxyl groups is 1. The normalized spacial score (nSPS) is 21.0. The Morgan fingerprint density at radius 1 is 0.933 bits per heavy atom. The highest BCUT2D eigenvalue weighted by Gasteiger charge is 2.29. The number of carbonyl (C=O) groups is 1. The predicted octanol–water partition coefficient (Wildman–Crippen LogP) is 3.37. The number of anilines is 1. The first-order valence-corrected chi connectivity index (χ1v) is 10.5. The molecule has 0 saturated carbocycles. The van der Waals surface area contributed by atoms with Gasteiger partial charge in [-0.25, -0.2) is 8.78 Å². The van der Waals surface area contributed by atoms with Crippen LogP contribution in [0.4, 0.5) is 14.5 Å². The van der Waals surface area contributed by atoms with Crippen LogP contribution in [0.5, 0.6) is 5.75 Å². The fourth-order valence-electron chi connectivity index (χ4n) is 4.47. The van der Waals surface area contributed by atoms with Crippen molar-refractivity contribution >= 4 is 11.6 Å². The van der Waals surface area contributed by atoms with Gasteiger partial charge in [-0.15, -0.1) is 0 Å². The second kappa shape index (κ2) is 9.00. The third kappa shape index (κ3) is 4.56. The van der Waals surface area contributed by atoms with Gasteiger partial charge in [0.15, 0.2) is 11.6 Å². The summed E-state index contributed by atoms with van der Waals surface area (Å²) in [6.45, 7) is 4.36. The summed E-state index contributed by atoms with van der Waals surface area (Å²) in [4.78, 5) is 19.0. The molecule has 0 aromatic heterocycles. The number of rotatable bonds is 4. The molecule has 1 unspecified atom stereocenters. The van der Waals surface area contributed by atoms with Crippen LogP contribution in [0, 0.1) is 11.6 Å². The number of nitrogens with zero attached hydrogens (tertiary/aromatic N) is 3. The first kappa shape index (κ1) is 20.6.